The highest BCUT2D eigenvalue weighted by Crippen LogP contribution is 2.33. The van der Waals surface area contributed by atoms with E-state index in [0.29, 0.717) is 19.5 Å². The Morgan fingerprint density at radius 1 is 1.31 bits per heavy atom. The molecule has 2 amide bonds. The largest absolute Gasteiger partial charge is 0.378 e. The summed E-state index contributed by atoms with van der Waals surface area (Å²) in [5.41, 5.74) is 9.25. The van der Waals surface area contributed by atoms with E-state index in [2.05, 4.69) is 29.7 Å². The van der Waals surface area contributed by atoms with Crippen LogP contribution in [0.2, 0.25) is 0 Å². The molecule has 0 spiro atoms. The number of hydrogen-bond acceptors (Lipinski definition) is 5. The molecule has 0 aliphatic carbocycles. The van der Waals surface area contributed by atoms with Gasteiger partial charge in [-0.1, -0.05) is 45.0 Å². The number of hydrogen-bond donors (Lipinski definition) is 3. The first-order valence-corrected chi connectivity index (χ1v) is 11.2. The van der Waals surface area contributed by atoms with E-state index in [1.54, 1.807) is 16.7 Å². The molecule has 0 bridgehead atoms. The van der Waals surface area contributed by atoms with Gasteiger partial charge < -0.3 is 21.3 Å². The molecule has 0 unspecified atom stereocenters. The third-order valence-corrected chi connectivity index (χ3v) is 6.73. The van der Waals surface area contributed by atoms with Gasteiger partial charge in [0.25, 0.3) is 0 Å². The number of rotatable bonds is 5. The third-order valence-electron chi connectivity index (χ3n) is 5.61. The van der Waals surface area contributed by atoms with Gasteiger partial charge >= 0.3 is 0 Å². The number of carbonyl (C=O) groups is 2. The lowest BCUT2D eigenvalue weighted by molar-refractivity contribution is -0.141. The van der Waals surface area contributed by atoms with Gasteiger partial charge in [0.2, 0.25) is 11.8 Å². The molecule has 1 aromatic rings. The number of nitrogens with one attached hydrogen (secondary N) is 2. The van der Waals surface area contributed by atoms with E-state index in [4.69, 9.17) is 5.73 Å². The van der Waals surface area contributed by atoms with Gasteiger partial charge in [-0.25, -0.2) is 0 Å². The molecule has 2 heterocycles. The van der Waals surface area contributed by atoms with E-state index >= 15 is 0 Å². The second kappa shape index (κ2) is 8.79. The van der Waals surface area contributed by atoms with Gasteiger partial charge in [0.15, 0.2) is 0 Å². The lowest BCUT2D eigenvalue weighted by atomic mass is 9.86. The van der Waals surface area contributed by atoms with Crippen molar-refractivity contribution in [3.8, 4) is 0 Å². The highest BCUT2D eigenvalue weighted by atomic mass is 32.2. The Balaban J connectivity index is 1.58. The summed E-state index contributed by atoms with van der Waals surface area (Å²) in [6.07, 6.45) is 1.51. The van der Waals surface area contributed by atoms with Gasteiger partial charge in [0.1, 0.15) is 6.04 Å². The summed E-state index contributed by atoms with van der Waals surface area (Å²) in [7, 11) is 0. The number of carbonyl (C=O) groups excluding carboxylic acids is 2. The fourth-order valence-corrected chi connectivity index (χ4v) is 4.66. The maximum Gasteiger partial charge on any atom is 0.243 e. The summed E-state index contributed by atoms with van der Waals surface area (Å²) < 4.78 is 0. The van der Waals surface area contributed by atoms with Crippen LogP contribution in [0.25, 0.3) is 4.91 Å². The van der Waals surface area contributed by atoms with E-state index in [1.165, 1.54) is 16.2 Å². The Labute approximate surface area is 177 Å². The predicted molar refractivity (Wildman–Crippen MR) is 119 cm³/mol. The molecular formula is C22H32N4O2S. The Morgan fingerprint density at radius 2 is 2.00 bits per heavy atom. The Morgan fingerprint density at radius 3 is 2.59 bits per heavy atom. The highest BCUT2D eigenvalue weighted by molar-refractivity contribution is 8.08. The van der Waals surface area contributed by atoms with Gasteiger partial charge in [-0.05, 0) is 36.3 Å². The molecule has 1 aromatic carbocycles. The van der Waals surface area contributed by atoms with Crippen LogP contribution in [0.4, 0.5) is 0 Å². The number of benzene rings is 1. The van der Waals surface area contributed by atoms with E-state index in [9.17, 15) is 9.59 Å². The number of likely N-dealkylation sites (tertiary alicyclic amines) is 1. The molecule has 7 heteroatoms. The van der Waals surface area contributed by atoms with Crippen LogP contribution in [0, 0.1) is 5.41 Å². The Hall–Kier alpha value is -1.99. The van der Waals surface area contributed by atoms with Crippen molar-refractivity contribution in [2.75, 3.05) is 12.4 Å². The van der Waals surface area contributed by atoms with Crippen molar-refractivity contribution in [1.29, 1.82) is 0 Å². The first-order chi connectivity index (χ1) is 13.7. The molecule has 29 heavy (non-hydrogen) atoms. The number of nitrogens with zero attached hydrogens (tertiary/aromatic N) is 1. The molecule has 6 nitrogen and oxygen atoms in total. The summed E-state index contributed by atoms with van der Waals surface area (Å²) in [5, 5.41) is 6.33. The van der Waals surface area contributed by atoms with Crippen molar-refractivity contribution in [2.45, 2.75) is 59.2 Å². The second-order valence-corrected chi connectivity index (χ2v) is 9.85. The quantitative estimate of drug-likeness (QED) is 0.687. The summed E-state index contributed by atoms with van der Waals surface area (Å²) in [5.74, 6) is 0.676. The standard InChI is InChI=1S/C22H32N4O2S/c1-14-18(29-13-25-14)16-9-7-15(8-10-16)12-24-20(27)17-6-5-11-26(17)21(28)19(23)22(2,3)4/h7-10,17,19,25H,5-6,11-13,23H2,1-4H3,(H,24,27)/t17-,19+/m0/s1. The van der Waals surface area contributed by atoms with E-state index in [1.807, 2.05) is 32.9 Å². The maximum absolute atomic E-state index is 12.8. The second-order valence-electron chi connectivity index (χ2n) is 8.87. The zero-order valence-corrected chi connectivity index (χ0v) is 18.6. The average molecular weight is 417 g/mol. The van der Waals surface area contributed by atoms with Crippen molar-refractivity contribution in [3.05, 3.63) is 41.1 Å². The van der Waals surface area contributed by atoms with Gasteiger partial charge in [0, 0.05) is 23.7 Å². The van der Waals surface area contributed by atoms with Crippen LogP contribution in [0.15, 0.2) is 30.0 Å². The van der Waals surface area contributed by atoms with Gasteiger partial charge in [-0.15, -0.1) is 11.8 Å². The number of amides is 2. The molecule has 1 fully saturated rings. The molecule has 1 saturated heterocycles. The molecule has 2 atom stereocenters. The topological polar surface area (TPSA) is 87.5 Å². The lowest BCUT2D eigenvalue weighted by Gasteiger charge is -2.32. The van der Waals surface area contributed by atoms with Gasteiger partial charge in [-0.3, -0.25) is 9.59 Å². The molecule has 2 aliphatic rings. The average Bonchev–Trinajstić information content (AvgIpc) is 3.33. The van der Waals surface area contributed by atoms with Crippen molar-refractivity contribution in [2.24, 2.45) is 11.1 Å². The monoisotopic (exact) mass is 416 g/mol. The minimum Gasteiger partial charge on any atom is -0.378 e. The summed E-state index contributed by atoms with van der Waals surface area (Å²) in [4.78, 5) is 28.5. The Bertz CT molecular complexity index is 798. The summed E-state index contributed by atoms with van der Waals surface area (Å²) in [6, 6.07) is 7.24. The van der Waals surface area contributed by atoms with Crippen molar-refractivity contribution in [1.82, 2.24) is 15.5 Å². The number of allylic oxidation sites excluding steroid dienone is 1. The fraction of sp³-hybridized carbons (Fsp3) is 0.545. The molecule has 158 valence electrons. The molecule has 0 aromatic heterocycles. The SMILES string of the molecule is CC1=C(c2ccc(CNC(=O)[C@@H]3CCCN3C(=O)[C@@H](N)C(C)(C)C)cc2)SCN1. The summed E-state index contributed by atoms with van der Waals surface area (Å²) in [6.45, 7) is 8.97. The maximum atomic E-state index is 12.8. The summed E-state index contributed by atoms with van der Waals surface area (Å²) >= 11 is 1.80. The minimum absolute atomic E-state index is 0.102. The molecule has 3 rings (SSSR count). The Kier molecular flexibility index (Phi) is 6.58. The highest BCUT2D eigenvalue weighted by Gasteiger charge is 2.39. The number of nitrogens with two attached hydrogens (primary N) is 1. The van der Waals surface area contributed by atoms with Gasteiger partial charge in [0.05, 0.1) is 11.9 Å². The van der Waals surface area contributed by atoms with Crippen LogP contribution in [0.1, 0.15) is 51.7 Å². The zero-order chi connectivity index (χ0) is 21.2. The van der Waals surface area contributed by atoms with E-state index in [0.717, 1.165) is 17.9 Å². The van der Waals surface area contributed by atoms with Crippen LogP contribution < -0.4 is 16.4 Å². The smallest absolute Gasteiger partial charge is 0.243 e. The molecule has 2 aliphatic heterocycles. The van der Waals surface area contributed by atoms with Crippen LogP contribution >= 0.6 is 11.8 Å². The molecular weight excluding hydrogens is 384 g/mol. The molecule has 0 saturated carbocycles. The number of thioether (sulfide) groups is 1. The molecule has 4 N–H and O–H groups in total. The first kappa shape index (κ1) is 21.7. The predicted octanol–water partition coefficient (Wildman–Crippen LogP) is 2.65. The van der Waals surface area contributed by atoms with Crippen LogP contribution in [-0.4, -0.2) is 41.2 Å². The third kappa shape index (κ3) is 4.95. The van der Waals surface area contributed by atoms with Crippen LogP contribution in [0.5, 0.6) is 0 Å². The van der Waals surface area contributed by atoms with Crippen LogP contribution in [0.3, 0.4) is 0 Å². The van der Waals surface area contributed by atoms with Crippen LogP contribution in [-0.2, 0) is 16.1 Å². The lowest BCUT2D eigenvalue weighted by Crippen LogP contribution is -2.54. The zero-order valence-electron chi connectivity index (χ0n) is 17.7. The molecule has 0 radical (unpaired) electrons. The van der Waals surface area contributed by atoms with E-state index in [-0.39, 0.29) is 17.2 Å². The van der Waals surface area contributed by atoms with Crippen molar-refractivity contribution >= 4 is 28.5 Å². The first-order valence-electron chi connectivity index (χ1n) is 10.2. The fourth-order valence-electron chi connectivity index (χ4n) is 3.64. The van der Waals surface area contributed by atoms with Crippen molar-refractivity contribution in [3.63, 3.8) is 0 Å². The van der Waals surface area contributed by atoms with E-state index < -0.39 is 12.1 Å². The van der Waals surface area contributed by atoms with Gasteiger partial charge in [-0.2, -0.15) is 0 Å². The van der Waals surface area contributed by atoms with Crippen molar-refractivity contribution < 1.29 is 9.59 Å². The normalized spacial score (nSPS) is 20.6. The minimum atomic E-state index is -0.607.